The van der Waals surface area contributed by atoms with Crippen LogP contribution in [0.1, 0.15) is 25.3 Å². The maximum absolute atomic E-state index is 12.0. The highest BCUT2D eigenvalue weighted by molar-refractivity contribution is 7.89. The minimum Gasteiger partial charge on any atom is -0.374 e. The zero-order valence-electron chi connectivity index (χ0n) is 15.9. The maximum Gasteiger partial charge on any atom is 0.240 e. The van der Waals surface area contributed by atoms with Crippen LogP contribution in [0.25, 0.3) is 0 Å². The van der Waals surface area contributed by atoms with Gasteiger partial charge in [-0.1, -0.05) is 12.1 Å². The second-order valence-corrected chi connectivity index (χ2v) is 9.43. The summed E-state index contributed by atoms with van der Waals surface area (Å²) in [6, 6.07) is 6.96. The van der Waals surface area contributed by atoms with Gasteiger partial charge in [0.1, 0.15) is 0 Å². The van der Waals surface area contributed by atoms with E-state index in [4.69, 9.17) is 9.73 Å². The summed E-state index contributed by atoms with van der Waals surface area (Å²) in [5, 5.41) is 3.39. The summed E-state index contributed by atoms with van der Waals surface area (Å²) in [4.78, 5) is 7.41. The standard InChI is InChI=1S/C19H28N4O3S/c1-3-21-19(23-11-15-16(12-23)18-8-7-17(15)26-18)22-10-13-5-4-6-14(9-13)27(24,25)20-2/h4-6,9,15-18,20H,3,7-8,10-12H2,1-2H3,(H,21,22). The van der Waals surface area contributed by atoms with Crippen LogP contribution in [0.5, 0.6) is 0 Å². The first-order valence-electron chi connectivity index (χ1n) is 9.73. The minimum atomic E-state index is -3.44. The quantitative estimate of drug-likeness (QED) is 0.581. The van der Waals surface area contributed by atoms with Gasteiger partial charge in [0.05, 0.1) is 23.6 Å². The third-order valence-electron chi connectivity index (χ3n) is 5.98. The van der Waals surface area contributed by atoms with Gasteiger partial charge in [0, 0.05) is 31.5 Å². The van der Waals surface area contributed by atoms with Gasteiger partial charge in [0.2, 0.25) is 10.0 Å². The van der Waals surface area contributed by atoms with Gasteiger partial charge in [-0.15, -0.1) is 0 Å². The summed E-state index contributed by atoms with van der Waals surface area (Å²) in [6.07, 6.45) is 3.24. The summed E-state index contributed by atoms with van der Waals surface area (Å²) in [7, 11) is -2.02. The second kappa shape index (κ2) is 7.41. The number of sulfonamides is 1. The molecular formula is C19H28N4O3S. The minimum absolute atomic E-state index is 0.270. The molecule has 4 unspecified atom stereocenters. The van der Waals surface area contributed by atoms with E-state index in [1.54, 1.807) is 18.2 Å². The normalized spacial score (nSPS) is 30.0. The van der Waals surface area contributed by atoms with E-state index in [0.29, 0.717) is 30.6 Å². The highest BCUT2D eigenvalue weighted by Crippen LogP contribution is 2.47. The molecule has 3 fully saturated rings. The molecule has 0 spiro atoms. The van der Waals surface area contributed by atoms with Gasteiger partial charge in [0.15, 0.2) is 5.96 Å². The molecule has 1 aromatic rings. The van der Waals surface area contributed by atoms with Crippen LogP contribution in [0.3, 0.4) is 0 Å². The highest BCUT2D eigenvalue weighted by atomic mass is 32.2. The van der Waals surface area contributed by atoms with Crippen molar-refractivity contribution >= 4 is 16.0 Å². The highest BCUT2D eigenvalue weighted by Gasteiger charge is 2.53. The van der Waals surface area contributed by atoms with E-state index >= 15 is 0 Å². The van der Waals surface area contributed by atoms with Crippen molar-refractivity contribution in [3.8, 4) is 0 Å². The Morgan fingerprint density at radius 2 is 1.96 bits per heavy atom. The molecule has 0 radical (unpaired) electrons. The Labute approximate surface area is 161 Å². The van der Waals surface area contributed by atoms with Crippen LogP contribution >= 0.6 is 0 Å². The smallest absolute Gasteiger partial charge is 0.240 e. The van der Waals surface area contributed by atoms with Crippen molar-refractivity contribution in [1.82, 2.24) is 14.9 Å². The molecule has 2 bridgehead atoms. The number of nitrogens with zero attached hydrogens (tertiary/aromatic N) is 2. The van der Waals surface area contributed by atoms with Crippen LogP contribution in [0, 0.1) is 11.8 Å². The van der Waals surface area contributed by atoms with Crippen molar-refractivity contribution < 1.29 is 13.2 Å². The second-order valence-electron chi connectivity index (χ2n) is 7.55. The molecule has 3 heterocycles. The summed E-state index contributed by atoms with van der Waals surface area (Å²) < 4.78 is 32.4. The maximum atomic E-state index is 12.0. The largest absolute Gasteiger partial charge is 0.374 e. The summed E-state index contributed by atoms with van der Waals surface area (Å²) in [6.45, 7) is 5.31. The number of fused-ring (bicyclic) bond motifs is 5. The third kappa shape index (κ3) is 3.58. The van der Waals surface area contributed by atoms with Crippen molar-refractivity contribution in [3.05, 3.63) is 29.8 Å². The summed E-state index contributed by atoms with van der Waals surface area (Å²) in [5.74, 6) is 2.15. The number of hydrogen-bond donors (Lipinski definition) is 2. The van der Waals surface area contributed by atoms with E-state index < -0.39 is 10.0 Å². The van der Waals surface area contributed by atoms with Gasteiger partial charge in [-0.25, -0.2) is 18.1 Å². The molecule has 3 aliphatic heterocycles. The first-order valence-corrected chi connectivity index (χ1v) is 11.2. The predicted molar refractivity (Wildman–Crippen MR) is 104 cm³/mol. The molecule has 148 valence electrons. The number of rotatable bonds is 5. The van der Waals surface area contributed by atoms with Gasteiger partial charge in [-0.3, -0.25) is 0 Å². The van der Waals surface area contributed by atoms with Crippen LogP contribution in [0.4, 0.5) is 0 Å². The molecule has 0 aliphatic carbocycles. The first-order chi connectivity index (χ1) is 13.0. The lowest BCUT2D eigenvalue weighted by atomic mass is 9.82. The van der Waals surface area contributed by atoms with Crippen molar-refractivity contribution in [2.24, 2.45) is 16.8 Å². The molecule has 7 nitrogen and oxygen atoms in total. The van der Waals surface area contributed by atoms with Crippen LogP contribution in [-0.4, -0.2) is 58.2 Å². The average Bonchev–Trinajstić information content (AvgIpc) is 3.38. The monoisotopic (exact) mass is 392 g/mol. The molecule has 2 N–H and O–H groups in total. The zero-order valence-corrected chi connectivity index (χ0v) is 16.7. The van der Waals surface area contributed by atoms with Crippen molar-refractivity contribution in [2.45, 2.75) is 43.4 Å². The Kier molecular flexibility index (Phi) is 5.13. The SMILES string of the molecule is CCNC(=NCc1cccc(S(=O)(=O)NC)c1)N1CC2C3CCC(O3)C2C1. The molecule has 0 amide bonds. The molecule has 1 aromatic carbocycles. The topological polar surface area (TPSA) is 83.0 Å². The fourth-order valence-corrected chi connectivity index (χ4v) is 5.45. The van der Waals surface area contributed by atoms with E-state index in [2.05, 4.69) is 21.9 Å². The van der Waals surface area contributed by atoms with E-state index in [1.165, 1.54) is 19.9 Å². The Bertz CT molecular complexity index is 808. The molecule has 3 saturated heterocycles. The number of hydrogen-bond acceptors (Lipinski definition) is 4. The van der Waals surface area contributed by atoms with Crippen LogP contribution in [0.15, 0.2) is 34.2 Å². The van der Waals surface area contributed by atoms with Crippen LogP contribution in [0.2, 0.25) is 0 Å². The lowest BCUT2D eigenvalue weighted by Crippen LogP contribution is -2.41. The number of guanidine groups is 1. The summed E-state index contributed by atoms with van der Waals surface area (Å²) >= 11 is 0. The fraction of sp³-hybridized carbons (Fsp3) is 0.632. The van der Waals surface area contributed by atoms with E-state index in [1.807, 2.05) is 6.07 Å². The number of benzene rings is 1. The van der Waals surface area contributed by atoms with Gasteiger partial charge in [0.25, 0.3) is 0 Å². The molecule has 0 saturated carbocycles. The molecular weight excluding hydrogens is 364 g/mol. The van der Waals surface area contributed by atoms with Gasteiger partial charge >= 0.3 is 0 Å². The lowest BCUT2D eigenvalue weighted by molar-refractivity contribution is 0.0767. The van der Waals surface area contributed by atoms with Crippen molar-refractivity contribution in [1.29, 1.82) is 0 Å². The molecule has 8 heteroatoms. The lowest BCUT2D eigenvalue weighted by Gasteiger charge is -2.23. The van der Waals surface area contributed by atoms with Gasteiger partial charge in [-0.05, 0) is 44.5 Å². The van der Waals surface area contributed by atoms with E-state index in [-0.39, 0.29) is 4.90 Å². The fourth-order valence-electron chi connectivity index (χ4n) is 4.65. The Hall–Kier alpha value is -1.64. The molecule has 4 atom stereocenters. The Morgan fingerprint density at radius 3 is 2.59 bits per heavy atom. The number of nitrogens with one attached hydrogen (secondary N) is 2. The van der Waals surface area contributed by atoms with Crippen molar-refractivity contribution in [3.63, 3.8) is 0 Å². The average molecular weight is 393 g/mol. The predicted octanol–water partition coefficient (Wildman–Crippen LogP) is 1.17. The number of likely N-dealkylation sites (tertiary alicyclic amines) is 1. The van der Waals surface area contributed by atoms with Crippen molar-refractivity contribution in [2.75, 3.05) is 26.7 Å². The molecule has 4 rings (SSSR count). The molecule has 27 heavy (non-hydrogen) atoms. The summed E-state index contributed by atoms with van der Waals surface area (Å²) in [5.41, 5.74) is 0.879. The first kappa shape index (κ1) is 18.7. The van der Waals surface area contributed by atoms with Gasteiger partial charge in [-0.2, -0.15) is 0 Å². The molecule has 0 aromatic heterocycles. The zero-order chi connectivity index (χ0) is 19.0. The Morgan fingerprint density at radius 1 is 1.26 bits per heavy atom. The van der Waals surface area contributed by atoms with Gasteiger partial charge < -0.3 is 15.0 Å². The Balaban J connectivity index is 1.48. The number of ether oxygens (including phenoxy) is 1. The van der Waals surface area contributed by atoms with E-state index in [0.717, 1.165) is 31.2 Å². The molecule has 3 aliphatic rings. The van der Waals surface area contributed by atoms with Crippen LogP contribution in [-0.2, 0) is 21.3 Å². The third-order valence-corrected chi connectivity index (χ3v) is 7.39. The van der Waals surface area contributed by atoms with Crippen LogP contribution < -0.4 is 10.0 Å². The van der Waals surface area contributed by atoms with E-state index in [9.17, 15) is 8.42 Å². The number of aliphatic imine (C=N–C) groups is 1.